The van der Waals surface area contributed by atoms with Crippen molar-refractivity contribution in [2.75, 3.05) is 25.3 Å². The molecule has 0 aliphatic carbocycles. The SMILES string of the molecule is COCOc1cc(-c2cnn(C)c2)ccc1-c1cc2c(nn1)N(C1C[C@H]3CC[C@@H](C1)N3C(=O)OC(C)(C)C)CCC2. The monoisotopic (exact) mass is 560 g/mol. The highest BCUT2D eigenvalue weighted by molar-refractivity contribution is 5.75. The van der Waals surface area contributed by atoms with Gasteiger partial charge in [0.25, 0.3) is 0 Å². The molecule has 2 aromatic heterocycles. The van der Waals surface area contributed by atoms with Crippen molar-refractivity contribution < 1.29 is 19.0 Å². The minimum Gasteiger partial charge on any atom is -0.467 e. The van der Waals surface area contributed by atoms with E-state index in [1.807, 2.05) is 57.2 Å². The van der Waals surface area contributed by atoms with Crippen molar-refractivity contribution in [3.63, 3.8) is 0 Å². The number of ether oxygens (including phenoxy) is 3. The third-order valence-corrected chi connectivity index (χ3v) is 8.35. The summed E-state index contributed by atoms with van der Waals surface area (Å²) < 4.78 is 18.7. The number of amides is 1. The third kappa shape index (κ3) is 5.62. The van der Waals surface area contributed by atoms with Gasteiger partial charge in [-0.15, -0.1) is 10.2 Å². The summed E-state index contributed by atoms with van der Waals surface area (Å²) in [4.78, 5) is 17.4. The van der Waals surface area contributed by atoms with E-state index in [0.717, 1.165) is 73.3 Å². The van der Waals surface area contributed by atoms with Crippen molar-refractivity contribution in [2.45, 2.75) is 83.0 Å². The van der Waals surface area contributed by atoms with Gasteiger partial charge >= 0.3 is 6.09 Å². The molecular weight excluding hydrogens is 520 g/mol. The Morgan fingerprint density at radius 3 is 2.51 bits per heavy atom. The molecule has 6 rings (SSSR count). The zero-order valence-electron chi connectivity index (χ0n) is 24.7. The van der Waals surface area contributed by atoms with Crippen molar-refractivity contribution in [1.29, 1.82) is 0 Å². The first-order chi connectivity index (χ1) is 19.7. The lowest BCUT2D eigenvalue weighted by atomic mass is 9.93. The number of nitrogens with zero attached hydrogens (tertiary/aromatic N) is 6. The molecule has 3 atom stereocenters. The molecule has 2 bridgehead atoms. The van der Waals surface area contributed by atoms with Crippen LogP contribution in [0, 0.1) is 0 Å². The van der Waals surface area contributed by atoms with Crippen molar-refractivity contribution in [1.82, 2.24) is 24.9 Å². The van der Waals surface area contributed by atoms with Gasteiger partial charge in [0.1, 0.15) is 11.4 Å². The fraction of sp³-hybridized carbons (Fsp3) is 0.548. The first-order valence-electron chi connectivity index (χ1n) is 14.6. The summed E-state index contributed by atoms with van der Waals surface area (Å²) in [6, 6.07) is 9.03. The van der Waals surface area contributed by atoms with Gasteiger partial charge in [-0.25, -0.2) is 4.79 Å². The summed E-state index contributed by atoms with van der Waals surface area (Å²) >= 11 is 0. The Balaban J connectivity index is 1.24. The minimum absolute atomic E-state index is 0.139. The van der Waals surface area contributed by atoms with E-state index in [0.29, 0.717) is 11.8 Å². The van der Waals surface area contributed by atoms with Gasteiger partial charge in [-0.1, -0.05) is 6.07 Å². The van der Waals surface area contributed by atoms with Crippen LogP contribution in [0.5, 0.6) is 5.75 Å². The van der Waals surface area contributed by atoms with Crippen LogP contribution in [0.1, 0.15) is 58.4 Å². The van der Waals surface area contributed by atoms with Gasteiger partial charge in [-0.2, -0.15) is 5.10 Å². The van der Waals surface area contributed by atoms with Gasteiger partial charge in [-0.3, -0.25) is 4.68 Å². The van der Waals surface area contributed by atoms with E-state index < -0.39 is 5.60 Å². The molecule has 0 saturated carbocycles. The maximum atomic E-state index is 13.0. The van der Waals surface area contributed by atoms with E-state index in [1.165, 1.54) is 5.56 Å². The fourth-order valence-electron chi connectivity index (χ4n) is 6.62. The molecule has 3 aliphatic rings. The molecule has 218 valence electrons. The molecule has 41 heavy (non-hydrogen) atoms. The van der Waals surface area contributed by atoms with Crippen LogP contribution in [-0.2, 0) is 22.9 Å². The molecule has 2 fully saturated rings. The average molecular weight is 561 g/mol. The predicted octanol–water partition coefficient (Wildman–Crippen LogP) is 5.21. The summed E-state index contributed by atoms with van der Waals surface area (Å²) in [6.45, 7) is 6.89. The minimum atomic E-state index is -0.486. The molecule has 1 amide bonds. The first kappa shape index (κ1) is 27.5. The number of rotatable bonds is 6. The lowest BCUT2D eigenvalue weighted by molar-refractivity contribution is 0.00576. The summed E-state index contributed by atoms with van der Waals surface area (Å²) in [5, 5.41) is 13.8. The van der Waals surface area contributed by atoms with Crippen molar-refractivity contribution in [3.05, 3.63) is 42.2 Å². The second kappa shape index (κ2) is 11.0. The molecular formula is C31H40N6O4. The molecule has 10 nitrogen and oxygen atoms in total. The molecule has 3 aromatic rings. The summed E-state index contributed by atoms with van der Waals surface area (Å²) in [7, 11) is 3.52. The third-order valence-electron chi connectivity index (χ3n) is 8.35. The standard InChI is InChI=1S/C31H40N6O4/c1-31(2,3)41-30(38)37-23-9-10-24(37)16-25(15-23)36-12-6-7-21-13-27(33-34-29(21)36)26-11-8-20(14-28(26)40-19-39-5)22-17-32-35(4)18-22/h8,11,13-14,17-18,23-25H,6-7,9-10,12,15-16,19H2,1-5H3/t23-,24+,25?. The Hall–Kier alpha value is -3.66. The maximum Gasteiger partial charge on any atom is 0.410 e. The molecule has 0 radical (unpaired) electrons. The number of hydrogen-bond donors (Lipinski definition) is 0. The van der Waals surface area contributed by atoms with E-state index in [2.05, 4.69) is 22.1 Å². The number of aromatic nitrogens is 4. The number of hydrogen-bond acceptors (Lipinski definition) is 8. The van der Waals surface area contributed by atoms with E-state index in [1.54, 1.807) is 11.8 Å². The van der Waals surface area contributed by atoms with Crippen LogP contribution in [0.2, 0.25) is 0 Å². The zero-order chi connectivity index (χ0) is 28.7. The number of fused-ring (bicyclic) bond motifs is 3. The smallest absolute Gasteiger partial charge is 0.410 e. The van der Waals surface area contributed by atoms with E-state index >= 15 is 0 Å². The number of piperidine rings is 1. The summed E-state index contributed by atoms with van der Waals surface area (Å²) in [5.74, 6) is 1.67. The number of carbonyl (C=O) groups excluding carboxylic acids is 1. The van der Waals surface area contributed by atoms with Crippen LogP contribution in [0.25, 0.3) is 22.4 Å². The van der Waals surface area contributed by atoms with Crippen LogP contribution < -0.4 is 9.64 Å². The fourth-order valence-corrected chi connectivity index (χ4v) is 6.62. The Bertz CT molecular complexity index is 1400. The molecule has 1 aromatic carbocycles. The largest absolute Gasteiger partial charge is 0.467 e. The number of benzene rings is 1. The number of anilines is 1. The van der Waals surface area contributed by atoms with Gasteiger partial charge in [0.15, 0.2) is 12.6 Å². The van der Waals surface area contributed by atoms with Gasteiger partial charge in [0.05, 0.1) is 11.9 Å². The second-order valence-electron chi connectivity index (χ2n) is 12.4. The summed E-state index contributed by atoms with van der Waals surface area (Å²) in [5.41, 5.74) is 4.41. The maximum absolute atomic E-state index is 13.0. The van der Waals surface area contributed by atoms with Gasteiger partial charge in [-0.05, 0) is 88.6 Å². The molecule has 1 unspecified atom stereocenters. The number of methoxy groups -OCH3 is 1. The van der Waals surface area contributed by atoms with Crippen LogP contribution in [0.4, 0.5) is 10.6 Å². The lowest BCUT2D eigenvalue weighted by Gasteiger charge is -2.45. The summed E-state index contributed by atoms with van der Waals surface area (Å²) in [6.07, 6.45) is 9.60. The van der Waals surface area contributed by atoms with Crippen LogP contribution in [0.15, 0.2) is 36.7 Å². The topological polar surface area (TPSA) is 94.8 Å². The first-order valence-corrected chi connectivity index (χ1v) is 14.6. The van der Waals surface area contributed by atoms with E-state index in [-0.39, 0.29) is 25.0 Å². The van der Waals surface area contributed by atoms with Gasteiger partial charge < -0.3 is 24.0 Å². The zero-order valence-corrected chi connectivity index (χ0v) is 24.7. The van der Waals surface area contributed by atoms with Crippen molar-refractivity contribution in [3.8, 4) is 28.1 Å². The lowest BCUT2D eigenvalue weighted by Crippen LogP contribution is -2.54. The molecule has 10 heteroatoms. The van der Waals surface area contributed by atoms with Gasteiger partial charge in [0.2, 0.25) is 0 Å². The Labute approximate surface area is 241 Å². The van der Waals surface area contributed by atoms with Crippen LogP contribution in [0.3, 0.4) is 0 Å². The average Bonchev–Trinajstić information content (AvgIpc) is 3.50. The molecule has 0 N–H and O–H groups in total. The second-order valence-corrected chi connectivity index (χ2v) is 12.4. The number of aryl methyl sites for hydroxylation is 2. The quantitative estimate of drug-likeness (QED) is 0.379. The van der Waals surface area contributed by atoms with E-state index in [4.69, 9.17) is 24.4 Å². The van der Waals surface area contributed by atoms with Crippen LogP contribution >= 0.6 is 0 Å². The molecule has 5 heterocycles. The van der Waals surface area contributed by atoms with E-state index in [9.17, 15) is 4.79 Å². The molecule has 3 aliphatic heterocycles. The van der Waals surface area contributed by atoms with Crippen molar-refractivity contribution in [2.24, 2.45) is 7.05 Å². The Morgan fingerprint density at radius 2 is 1.83 bits per heavy atom. The Morgan fingerprint density at radius 1 is 1.05 bits per heavy atom. The predicted molar refractivity (Wildman–Crippen MR) is 156 cm³/mol. The molecule has 0 spiro atoms. The Kier molecular flexibility index (Phi) is 7.36. The highest BCUT2D eigenvalue weighted by atomic mass is 16.7. The van der Waals surface area contributed by atoms with Crippen molar-refractivity contribution >= 4 is 11.9 Å². The van der Waals surface area contributed by atoms with Gasteiger partial charge in [0, 0.05) is 56.2 Å². The van der Waals surface area contributed by atoms with Crippen LogP contribution in [-0.4, -0.2) is 75.1 Å². The number of carbonyl (C=O) groups is 1. The molecule has 2 saturated heterocycles. The highest BCUT2D eigenvalue weighted by Gasteiger charge is 2.46. The normalized spacial score (nSPS) is 22.0. The highest BCUT2D eigenvalue weighted by Crippen LogP contribution is 2.42.